The largest absolute Gasteiger partial charge is 0.351 e. The molecule has 136 valence electrons. The van der Waals surface area contributed by atoms with E-state index in [9.17, 15) is 18.0 Å². The molecule has 5 nitrogen and oxygen atoms in total. The first-order chi connectivity index (χ1) is 11.5. The van der Waals surface area contributed by atoms with Crippen LogP contribution in [0.2, 0.25) is 0 Å². The van der Waals surface area contributed by atoms with E-state index in [2.05, 4.69) is 5.32 Å². The molecule has 1 unspecified atom stereocenters. The summed E-state index contributed by atoms with van der Waals surface area (Å²) >= 11 is 3.06. The predicted octanol–water partition coefficient (Wildman–Crippen LogP) is 3.30. The Labute approximate surface area is 156 Å². The van der Waals surface area contributed by atoms with E-state index in [-0.39, 0.29) is 18.9 Å². The van der Waals surface area contributed by atoms with E-state index in [1.54, 1.807) is 17.4 Å². The lowest BCUT2D eigenvalue weighted by molar-refractivity contribution is -0.119. The number of thiophene rings is 2. The SMILES string of the molecule is CC(=O)C(C)(CCNC(=O)c1ccc(-c2ccc(C)s2)s1)S(C)(=O)=O. The van der Waals surface area contributed by atoms with Crippen LogP contribution in [-0.4, -0.2) is 37.7 Å². The second kappa shape index (κ2) is 7.39. The fourth-order valence-corrected chi connectivity index (χ4v) is 5.16. The van der Waals surface area contributed by atoms with E-state index >= 15 is 0 Å². The number of sulfone groups is 1. The number of hydrogen-bond donors (Lipinski definition) is 1. The Kier molecular flexibility index (Phi) is 5.86. The second-order valence-corrected chi connectivity index (χ2v) is 11.0. The average Bonchev–Trinajstić information content (AvgIpc) is 3.14. The number of aryl methyl sites for hydroxylation is 1. The number of ketones is 1. The predicted molar refractivity (Wildman–Crippen MR) is 103 cm³/mol. The van der Waals surface area contributed by atoms with Crippen LogP contribution in [0.5, 0.6) is 0 Å². The average molecular weight is 400 g/mol. The third kappa shape index (κ3) is 4.37. The zero-order valence-corrected chi connectivity index (χ0v) is 17.0. The summed E-state index contributed by atoms with van der Waals surface area (Å²) in [7, 11) is -3.55. The molecule has 0 spiro atoms. The highest BCUT2D eigenvalue weighted by atomic mass is 32.2. The Morgan fingerprint density at radius 1 is 1.12 bits per heavy atom. The molecule has 0 aromatic carbocycles. The van der Waals surface area contributed by atoms with Gasteiger partial charge in [0.05, 0.1) is 4.88 Å². The summed E-state index contributed by atoms with van der Waals surface area (Å²) in [5.41, 5.74) is 0. The van der Waals surface area contributed by atoms with E-state index in [4.69, 9.17) is 0 Å². The van der Waals surface area contributed by atoms with Crippen molar-refractivity contribution in [1.29, 1.82) is 0 Å². The summed E-state index contributed by atoms with van der Waals surface area (Å²) in [5.74, 6) is -0.681. The quantitative estimate of drug-likeness (QED) is 0.775. The van der Waals surface area contributed by atoms with Crippen molar-refractivity contribution in [3.05, 3.63) is 34.0 Å². The van der Waals surface area contributed by atoms with Crippen molar-refractivity contribution >= 4 is 44.2 Å². The molecule has 1 amide bonds. The van der Waals surface area contributed by atoms with Gasteiger partial charge in [-0.3, -0.25) is 9.59 Å². The molecule has 0 saturated heterocycles. The minimum atomic E-state index is -3.55. The van der Waals surface area contributed by atoms with E-state index in [0.29, 0.717) is 4.88 Å². The summed E-state index contributed by atoms with van der Waals surface area (Å²) in [5, 5.41) is 2.71. The highest BCUT2D eigenvalue weighted by Gasteiger charge is 2.40. The summed E-state index contributed by atoms with van der Waals surface area (Å²) in [6.07, 6.45) is 1.10. The Bertz CT molecular complexity index is 895. The Hall–Kier alpha value is -1.51. The lowest BCUT2D eigenvalue weighted by atomic mass is 10.0. The summed E-state index contributed by atoms with van der Waals surface area (Å²) in [6.45, 7) is 4.81. The van der Waals surface area contributed by atoms with Crippen LogP contribution in [0, 0.1) is 6.92 Å². The van der Waals surface area contributed by atoms with Gasteiger partial charge in [0.2, 0.25) is 0 Å². The summed E-state index contributed by atoms with van der Waals surface area (Å²) < 4.78 is 22.3. The molecular weight excluding hydrogens is 378 g/mol. The minimum absolute atomic E-state index is 0.0509. The van der Waals surface area contributed by atoms with Crippen LogP contribution in [0.15, 0.2) is 24.3 Å². The van der Waals surface area contributed by atoms with Crippen molar-refractivity contribution in [2.24, 2.45) is 0 Å². The molecule has 0 fully saturated rings. The number of amides is 1. The van der Waals surface area contributed by atoms with Gasteiger partial charge >= 0.3 is 0 Å². The van der Waals surface area contributed by atoms with Crippen LogP contribution in [0.25, 0.3) is 9.75 Å². The first-order valence-electron chi connectivity index (χ1n) is 7.70. The van der Waals surface area contributed by atoms with Gasteiger partial charge in [0.1, 0.15) is 4.75 Å². The standard InChI is InChI=1S/C17H21NO4S3/c1-11-5-6-13(23-11)14-7-8-15(24-14)16(20)18-10-9-17(3,12(2)19)25(4,21)22/h5-8H,9-10H2,1-4H3,(H,18,20). The minimum Gasteiger partial charge on any atom is -0.351 e. The highest BCUT2D eigenvalue weighted by Crippen LogP contribution is 2.33. The molecule has 0 aliphatic rings. The number of rotatable bonds is 7. The molecule has 0 radical (unpaired) electrons. The zero-order chi connectivity index (χ0) is 18.8. The number of Topliss-reactive ketones (excluding diaryl/α,β-unsaturated/α-hetero) is 1. The monoisotopic (exact) mass is 399 g/mol. The van der Waals surface area contributed by atoms with Gasteiger partial charge in [-0.1, -0.05) is 0 Å². The van der Waals surface area contributed by atoms with Crippen molar-refractivity contribution in [1.82, 2.24) is 5.32 Å². The Morgan fingerprint density at radius 2 is 1.72 bits per heavy atom. The van der Waals surface area contributed by atoms with Gasteiger partial charge in [0.15, 0.2) is 15.6 Å². The lowest BCUT2D eigenvalue weighted by Crippen LogP contribution is -2.44. The molecule has 2 aromatic heterocycles. The van der Waals surface area contributed by atoms with Gasteiger partial charge in [-0.05, 0) is 51.5 Å². The molecule has 2 rings (SSSR count). The van der Waals surface area contributed by atoms with E-state index in [0.717, 1.165) is 16.0 Å². The van der Waals surface area contributed by atoms with Crippen LogP contribution < -0.4 is 5.32 Å². The van der Waals surface area contributed by atoms with Gasteiger partial charge in [0, 0.05) is 27.4 Å². The second-order valence-electron chi connectivity index (χ2n) is 6.14. The first kappa shape index (κ1) is 19.8. The topological polar surface area (TPSA) is 80.3 Å². The summed E-state index contributed by atoms with van der Waals surface area (Å²) in [6, 6.07) is 7.72. The smallest absolute Gasteiger partial charge is 0.261 e. The maximum Gasteiger partial charge on any atom is 0.261 e. The van der Waals surface area contributed by atoms with Crippen molar-refractivity contribution in [2.75, 3.05) is 12.8 Å². The molecule has 2 aromatic rings. The number of nitrogens with one attached hydrogen (secondary N) is 1. The Balaban J connectivity index is 2.01. The van der Waals surface area contributed by atoms with Gasteiger partial charge in [-0.15, -0.1) is 22.7 Å². The van der Waals surface area contributed by atoms with Crippen LogP contribution in [0.4, 0.5) is 0 Å². The normalized spacial score (nSPS) is 14.1. The highest BCUT2D eigenvalue weighted by molar-refractivity contribution is 7.92. The van der Waals surface area contributed by atoms with Gasteiger partial charge in [-0.2, -0.15) is 0 Å². The van der Waals surface area contributed by atoms with Gasteiger partial charge in [0.25, 0.3) is 5.91 Å². The Morgan fingerprint density at radius 3 is 2.24 bits per heavy atom. The van der Waals surface area contributed by atoms with E-state index in [1.165, 1.54) is 30.1 Å². The fraction of sp³-hybridized carbons (Fsp3) is 0.412. The third-order valence-electron chi connectivity index (χ3n) is 4.26. The van der Waals surface area contributed by atoms with Crippen molar-refractivity contribution < 1.29 is 18.0 Å². The zero-order valence-electron chi connectivity index (χ0n) is 14.6. The fourth-order valence-electron chi connectivity index (χ4n) is 2.28. The van der Waals surface area contributed by atoms with Crippen molar-refractivity contribution in [2.45, 2.75) is 31.9 Å². The van der Waals surface area contributed by atoms with E-state index in [1.807, 2.05) is 25.1 Å². The van der Waals surface area contributed by atoms with E-state index < -0.39 is 20.4 Å². The van der Waals surface area contributed by atoms with Gasteiger partial charge in [-0.25, -0.2) is 8.42 Å². The molecular formula is C17H21NO4S3. The molecule has 1 atom stereocenters. The summed E-state index contributed by atoms with van der Waals surface area (Å²) in [4.78, 5) is 27.9. The molecule has 0 saturated carbocycles. The number of carbonyl (C=O) groups is 2. The van der Waals surface area contributed by atoms with Crippen molar-refractivity contribution in [3.63, 3.8) is 0 Å². The maximum absolute atomic E-state index is 12.3. The molecule has 0 aliphatic carbocycles. The maximum atomic E-state index is 12.3. The van der Waals surface area contributed by atoms with Gasteiger partial charge < -0.3 is 5.32 Å². The van der Waals surface area contributed by atoms with Crippen LogP contribution >= 0.6 is 22.7 Å². The molecule has 8 heteroatoms. The lowest BCUT2D eigenvalue weighted by Gasteiger charge is -2.24. The van der Waals surface area contributed by atoms with Crippen LogP contribution in [0.1, 0.15) is 34.8 Å². The molecule has 25 heavy (non-hydrogen) atoms. The van der Waals surface area contributed by atoms with Crippen molar-refractivity contribution in [3.8, 4) is 9.75 Å². The van der Waals surface area contributed by atoms with Crippen LogP contribution in [0.3, 0.4) is 0 Å². The first-order valence-corrected chi connectivity index (χ1v) is 11.2. The molecule has 2 heterocycles. The number of hydrogen-bond acceptors (Lipinski definition) is 6. The third-order valence-corrected chi connectivity index (χ3v) is 8.67. The molecule has 0 aliphatic heterocycles. The van der Waals surface area contributed by atoms with Crippen LogP contribution in [-0.2, 0) is 14.6 Å². The number of carbonyl (C=O) groups excluding carboxylic acids is 2. The molecule has 1 N–H and O–H groups in total. The molecule has 0 bridgehead atoms.